The zero-order chi connectivity index (χ0) is 36.2. The molecular formula is C37H39F5N4O4S. The molecule has 0 saturated carbocycles. The van der Waals surface area contributed by atoms with Crippen LogP contribution in [0.25, 0.3) is 0 Å². The van der Waals surface area contributed by atoms with E-state index in [-0.39, 0.29) is 56.1 Å². The van der Waals surface area contributed by atoms with Crippen molar-refractivity contribution in [3.63, 3.8) is 0 Å². The van der Waals surface area contributed by atoms with Crippen LogP contribution in [-0.2, 0) is 21.9 Å². The first-order valence-corrected chi connectivity index (χ1v) is 18.2. The number of anilines is 2. The highest BCUT2D eigenvalue weighted by Gasteiger charge is 2.32. The largest absolute Gasteiger partial charge is 0.457 e. The molecule has 14 heteroatoms. The number of nitrogens with one attached hydrogen (secondary N) is 4. The van der Waals surface area contributed by atoms with Crippen LogP contribution in [-0.4, -0.2) is 46.7 Å². The molecular weight excluding hydrogens is 691 g/mol. The Labute approximate surface area is 293 Å². The fourth-order valence-electron chi connectivity index (χ4n) is 6.09. The number of piperidine rings is 2. The SMILES string of the molecule is CC(F)(F)c1cc(NC2CCNCC2)cc(Oc2ccc(S(=O)(=O)c3ccc(Oc4cc(NC5CCNCC5)cc(C(F)(F)F)c4)cc3)cc2)c1. The highest BCUT2D eigenvalue weighted by molar-refractivity contribution is 7.91. The van der Waals surface area contributed by atoms with Gasteiger partial charge in [0.2, 0.25) is 9.84 Å². The monoisotopic (exact) mass is 730 g/mol. The van der Waals surface area contributed by atoms with Gasteiger partial charge in [0.1, 0.15) is 23.0 Å². The van der Waals surface area contributed by atoms with Gasteiger partial charge in [-0.25, -0.2) is 17.2 Å². The number of alkyl halides is 5. The molecule has 2 heterocycles. The van der Waals surface area contributed by atoms with Crippen molar-refractivity contribution >= 4 is 21.2 Å². The van der Waals surface area contributed by atoms with Crippen molar-refractivity contribution in [1.29, 1.82) is 0 Å². The van der Waals surface area contributed by atoms with Crippen LogP contribution in [0.1, 0.15) is 43.7 Å². The molecule has 0 unspecified atom stereocenters. The fourth-order valence-corrected chi connectivity index (χ4v) is 7.35. The van der Waals surface area contributed by atoms with Crippen LogP contribution in [0.5, 0.6) is 23.0 Å². The Bertz CT molecular complexity index is 1770. The summed E-state index contributed by atoms with van der Waals surface area (Å²) in [5, 5.41) is 13.0. The summed E-state index contributed by atoms with van der Waals surface area (Å²) in [4.78, 5) is -0.107. The molecule has 0 atom stereocenters. The third kappa shape index (κ3) is 9.48. The Morgan fingerprint density at radius 3 is 1.37 bits per heavy atom. The van der Waals surface area contributed by atoms with Crippen molar-refractivity contribution in [2.24, 2.45) is 0 Å². The molecule has 2 fully saturated rings. The summed E-state index contributed by atoms with van der Waals surface area (Å²) in [6, 6.07) is 18.8. The fraction of sp³-hybridized carbons (Fsp3) is 0.351. The summed E-state index contributed by atoms with van der Waals surface area (Å²) in [7, 11) is -4.01. The maximum absolute atomic E-state index is 14.4. The standard InChI is InChI=1S/C37H39F5N4O4S/c1-36(38,39)24-18-28(45-26-10-14-43-15-11-26)22-32(20-24)49-30-2-6-34(7-3-30)51(47,48)35-8-4-31(5-9-35)50-33-21-25(37(40,41)42)19-29(23-33)46-27-12-16-44-17-13-27/h2-9,18-23,26-27,43-46H,10-17H2,1H3. The van der Waals surface area contributed by atoms with Gasteiger partial charge in [-0.2, -0.15) is 13.2 Å². The van der Waals surface area contributed by atoms with Crippen LogP contribution in [0.4, 0.5) is 33.3 Å². The highest BCUT2D eigenvalue weighted by Crippen LogP contribution is 2.38. The minimum absolute atomic E-state index is 0.0206. The second-order valence-electron chi connectivity index (χ2n) is 12.9. The van der Waals surface area contributed by atoms with E-state index >= 15 is 0 Å². The quantitative estimate of drug-likeness (QED) is 0.114. The van der Waals surface area contributed by atoms with Crippen molar-refractivity contribution in [2.45, 2.75) is 66.6 Å². The van der Waals surface area contributed by atoms with E-state index in [1.54, 1.807) is 6.07 Å². The number of sulfone groups is 1. The van der Waals surface area contributed by atoms with Gasteiger partial charge in [0.15, 0.2) is 0 Å². The zero-order valence-corrected chi connectivity index (χ0v) is 28.6. The van der Waals surface area contributed by atoms with Crippen LogP contribution in [0, 0.1) is 0 Å². The molecule has 2 saturated heterocycles. The van der Waals surface area contributed by atoms with Gasteiger partial charge in [0.05, 0.1) is 15.4 Å². The van der Waals surface area contributed by atoms with E-state index in [1.165, 1.54) is 66.7 Å². The molecule has 8 nitrogen and oxygen atoms in total. The van der Waals surface area contributed by atoms with Crippen molar-refractivity contribution in [3.8, 4) is 23.0 Å². The van der Waals surface area contributed by atoms with Gasteiger partial charge in [0.25, 0.3) is 5.92 Å². The Morgan fingerprint density at radius 2 is 0.980 bits per heavy atom. The first-order chi connectivity index (χ1) is 24.2. The van der Waals surface area contributed by atoms with Crippen LogP contribution in [0.15, 0.2) is 94.7 Å². The average Bonchev–Trinajstić information content (AvgIpc) is 3.09. The first-order valence-electron chi connectivity index (χ1n) is 16.7. The predicted octanol–water partition coefficient (Wildman–Crippen LogP) is 8.56. The number of hydrogen-bond acceptors (Lipinski definition) is 8. The number of rotatable bonds is 11. The minimum Gasteiger partial charge on any atom is -0.457 e. The van der Waals surface area contributed by atoms with E-state index < -0.39 is 27.5 Å². The van der Waals surface area contributed by atoms with E-state index in [1.807, 2.05) is 0 Å². The molecule has 272 valence electrons. The predicted molar refractivity (Wildman–Crippen MR) is 185 cm³/mol. The summed E-state index contributed by atoms with van der Waals surface area (Å²) in [6.07, 6.45) is -1.36. The molecule has 4 aromatic rings. The van der Waals surface area contributed by atoms with Crippen molar-refractivity contribution in [1.82, 2.24) is 10.6 Å². The van der Waals surface area contributed by atoms with Crippen LogP contribution >= 0.6 is 0 Å². The molecule has 4 aromatic carbocycles. The maximum atomic E-state index is 14.4. The van der Waals surface area contributed by atoms with E-state index in [4.69, 9.17) is 9.47 Å². The Morgan fingerprint density at radius 1 is 0.588 bits per heavy atom. The summed E-state index contributed by atoms with van der Waals surface area (Å²) >= 11 is 0. The topological polar surface area (TPSA) is 101 Å². The summed E-state index contributed by atoms with van der Waals surface area (Å²) < 4.78 is 108. The summed E-state index contributed by atoms with van der Waals surface area (Å²) in [5.74, 6) is -2.58. The molecule has 51 heavy (non-hydrogen) atoms. The summed E-state index contributed by atoms with van der Waals surface area (Å²) in [6.45, 7) is 4.00. The Hall–Kier alpha value is -4.40. The Balaban J connectivity index is 1.15. The smallest absolute Gasteiger partial charge is 0.416 e. The lowest BCUT2D eigenvalue weighted by molar-refractivity contribution is -0.137. The molecule has 0 spiro atoms. The molecule has 2 aliphatic rings. The van der Waals surface area contributed by atoms with E-state index in [2.05, 4.69) is 21.3 Å². The molecule has 0 aromatic heterocycles. The molecule has 0 aliphatic carbocycles. The third-order valence-electron chi connectivity index (χ3n) is 8.81. The lowest BCUT2D eigenvalue weighted by Gasteiger charge is -2.25. The van der Waals surface area contributed by atoms with Crippen molar-refractivity contribution in [2.75, 3.05) is 36.8 Å². The van der Waals surface area contributed by atoms with Crippen molar-refractivity contribution in [3.05, 3.63) is 96.1 Å². The number of halogens is 5. The van der Waals surface area contributed by atoms with Gasteiger partial charge < -0.3 is 30.7 Å². The van der Waals surface area contributed by atoms with Gasteiger partial charge in [0, 0.05) is 48.1 Å². The average molecular weight is 731 g/mol. The Kier molecular flexibility index (Phi) is 10.7. The van der Waals surface area contributed by atoms with Crippen LogP contribution in [0.2, 0.25) is 0 Å². The van der Waals surface area contributed by atoms with Gasteiger partial charge in [-0.15, -0.1) is 0 Å². The number of benzene rings is 4. The van der Waals surface area contributed by atoms with Gasteiger partial charge >= 0.3 is 6.18 Å². The molecule has 0 bridgehead atoms. The lowest BCUT2D eigenvalue weighted by atomic mass is 10.0. The second kappa shape index (κ2) is 15.1. The second-order valence-corrected chi connectivity index (χ2v) is 14.8. The highest BCUT2D eigenvalue weighted by atomic mass is 32.2. The lowest BCUT2D eigenvalue weighted by Crippen LogP contribution is -2.35. The van der Waals surface area contributed by atoms with E-state index in [0.29, 0.717) is 5.69 Å². The number of hydrogen-bond donors (Lipinski definition) is 4. The zero-order valence-electron chi connectivity index (χ0n) is 27.8. The van der Waals surface area contributed by atoms with E-state index in [9.17, 15) is 30.4 Å². The van der Waals surface area contributed by atoms with Crippen molar-refractivity contribution < 1.29 is 39.8 Å². The van der Waals surface area contributed by atoms with Crippen LogP contribution < -0.4 is 30.7 Å². The summed E-state index contributed by atoms with van der Waals surface area (Å²) in [5.41, 5.74) is -0.299. The maximum Gasteiger partial charge on any atom is 0.416 e. The van der Waals surface area contributed by atoms with Crippen LogP contribution in [0.3, 0.4) is 0 Å². The van der Waals surface area contributed by atoms with Gasteiger partial charge in [-0.3, -0.25) is 0 Å². The molecule has 6 rings (SSSR count). The molecule has 0 amide bonds. The number of ether oxygens (including phenoxy) is 2. The minimum atomic E-state index is -4.59. The van der Waals surface area contributed by atoms with E-state index in [0.717, 1.165) is 70.9 Å². The third-order valence-corrected chi connectivity index (χ3v) is 10.6. The molecule has 2 aliphatic heterocycles. The molecule has 4 N–H and O–H groups in total. The molecule has 0 radical (unpaired) electrons. The first kappa shape index (κ1) is 36.4. The van der Waals surface area contributed by atoms with Gasteiger partial charge in [-0.1, -0.05) is 0 Å². The normalized spacial score (nSPS) is 16.4. The van der Waals surface area contributed by atoms with Gasteiger partial charge in [-0.05, 0) is 125 Å².